The Morgan fingerprint density at radius 3 is 2.26 bits per heavy atom. The molecule has 0 radical (unpaired) electrons. The molecule has 0 aromatic heterocycles. The van der Waals surface area contributed by atoms with Crippen LogP contribution in [0.4, 0.5) is 0 Å². The van der Waals surface area contributed by atoms with Crippen molar-refractivity contribution in [2.45, 2.75) is 26.8 Å². The van der Waals surface area contributed by atoms with Gasteiger partial charge in [-0.1, -0.05) is 6.92 Å². The summed E-state index contributed by atoms with van der Waals surface area (Å²) in [5.41, 5.74) is 0. The zero-order chi connectivity index (χ0) is 14.4. The van der Waals surface area contributed by atoms with Crippen LogP contribution in [0.5, 0.6) is 0 Å². The maximum Gasteiger partial charge on any atom is 0.310 e. The number of hydrogen-bond donors (Lipinski definition) is 1. The molecule has 1 fully saturated rings. The fourth-order valence-corrected chi connectivity index (χ4v) is 2.45. The highest BCUT2D eigenvalue weighted by Crippen LogP contribution is 2.20. The number of carbonyl (C=O) groups excluding carboxylic acids is 1. The SMILES string of the molecule is CCN(CC)C(=O)CN(CC)C1COCC1C(=O)O. The molecule has 1 heterocycles. The Kier molecular flexibility index (Phi) is 6.24. The van der Waals surface area contributed by atoms with E-state index in [1.165, 1.54) is 0 Å². The number of hydrogen-bond acceptors (Lipinski definition) is 4. The van der Waals surface area contributed by atoms with Crippen molar-refractivity contribution in [2.75, 3.05) is 39.4 Å². The summed E-state index contributed by atoms with van der Waals surface area (Å²) >= 11 is 0. The first-order valence-electron chi connectivity index (χ1n) is 6.87. The molecule has 2 atom stereocenters. The predicted octanol–water partition coefficient (Wildman–Crippen LogP) is 0.276. The normalized spacial score (nSPS) is 22.7. The molecule has 0 spiro atoms. The van der Waals surface area contributed by atoms with Gasteiger partial charge < -0.3 is 14.7 Å². The molecule has 6 nitrogen and oxygen atoms in total. The van der Waals surface area contributed by atoms with Crippen LogP contribution in [-0.2, 0) is 14.3 Å². The third kappa shape index (κ3) is 3.91. The van der Waals surface area contributed by atoms with Gasteiger partial charge >= 0.3 is 5.97 Å². The second-order valence-electron chi connectivity index (χ2n) is 4.68. The van der Waals surface area contributed by atoms with Crippen LogP contribution >= 0.6 is 0 Å². The molecule has 110 valence electrons. The van der Waals surface area contributed by atoms with Gasteiger partial charge in [0.15, 0.2) is 0 Å². The van der Waals surface area contributed by atoms with Crippen LogP contribution in [0.3, 0.4) is 0 Å². The van der Waals surface area contributed by atoms with Crippen LogP contribution in [0, 0.1) is 5.92 Å². The van der Waals surface area contributed by atoms with Crippen LogP contribution in [0.1, 0.15) is 20.8 Å². The first-order chi connectivity index (χ1) is 9.04. The number of likely N-dealkylation sites (N-methyl/N-ethyl adjacent to an activating group) is 2. The average molecular weight is 272 g/mol. The lowest BCUT2D eigenvalue weighted by Crippen LogP contribution is -2.48. The first kappa shape index (κ1) is 15.9. The van der Waals surface area contributed by atoms with E-state index >= 15 is 0 Å². The second-order valence-corrected chi connectivity index (χ2v) is 4.68. The molecule has 1 N–H and O–H groups in total. The Morgan fingerprint density at radius 2 is 1.79 bits per heavy atom. The summed E-state index contributed by atoms with van der Waals surface area (Å²) in [7, 11) is 0. The minimum atomic E-state index is -0.851. The maximum atomic E-state index is 12.1. The van der Waals surface area contributed by atoms with Gasteiger partial charge in [0.05, 0.1) is 25.7 Å². The zero-order valence-electron chi connectivity index (χ0n) is 12.0. The number of nitrogens with zero attached hydrogens (tertiary/aromatic N) is 2. The summed E-state index contributed by atoms with van der Waals surface area (Å²) in [4.78, 5) is 26.9. The lowest BCUT2D eigenvalue weighted by atomic mass is 10.0. The van der Waals surface area contributed by atoms with Crippen molar-refractivity contribution >= 4 is 11.9 Å². The van der Waals surface area contributed by atoms with Gasteiger partial charge in [-0.25, -0.2) is 0 Å². The van der Waals surface area contributed by atoms with E-state index in [4.69, 9.17) is 9.84 Å². The van der Waals surface area contributed by atoms with Crippen molar-refractivity contribution in [3.63, 3.8) is 0 Å². The highest BCUT2D eigenvalue weighted by molar-refractivity contribution is 5.78. The highest BCUT2D eigenvalue weighted by atomic mass is 16.5. The predicted molar refractivity (Wildman–Crippen MR) is 70.9 cm³/mol. The molecular weight excluding hydrogens is 248 g/mol. The Bertz CT molecular complexity index is 318. The number of carboxylic acids is 1. The fraction of sp³-hybridized carbons (Fsp3) is 0.846. The topological polar surface area (TPSA) is 70.1 Å². The van der Waals surface area contributed by atoms with Gasteiger partial charge in [-0.2, -0.15) is 0 Å². The van der Waals surface area contributed by atoms with Gasteiger partial charge in [-0.15, -0.1) is 0 Å². The van der Waals surface area contributed by atoms with Crippen LogP contribution in [0.25, 0.3) is 0 Å². The van der Waals surface area contributed by atoms with E-state index in [1.54, 1.807) is 4.90 Å². The second kappa shape index (κ2) is 7.45. The summed E-state index contributed by atoms with van der Waals surface area (Å²) < 4.78 is 5.26. The summed E-state index contributed by atoms with van der Waals surface area (Å²) in [5.74, 6) is -1.34. The van der Waals surface area contributed by atoms with Crippen molar-refractivity contribution in [1.82, 2.24) is 9.80 Å². The molecule has 0 saturated carbocycles. The van der Waals surface area contributed by atoms with Crippen molar-refractivity contribution in [2.24, 2.45) is 5.92 Å². The summed E-state index contributed by atoms with van der Waals surface area (Å²) in [5, 5.41) is 9.16. The van der Waals surface area contributed by atoms with E-state index in [2.05, 4.69) is 0 Å². The third-order valence-corrected chi connectivity index (χ3v) is 3.70. The van der Waals surface area contributed by atoms with E-state index in [0.717, 1.165) is 0 Å². The molecule has 19 heavy (non-hydrogen) atoms. The summed E-state index contributed by atoms with van der Waals surface area (Å²) in [6.45, 7) is 8.69. The number of rotatable bonds is 7. The van der Waals surface area contributed by atoms with Gasteiger partial charge in [0.2, 0.25) is 5.91 Å². The zero-order valence-corrected chi connectivity index (χ0v) is 12.0. The Labute approximate surface area is 114 Å². The molecule has 1 amide bonds. The van der Waals surface area contributed by atoms with Crippen LogP contribution in [0.2, 0.25) is 0 Å². The molecule has 0 aromatic rings. The van der Waals surface area contributed by atoms with E-state index in [1.807, 2.05) is 25.7 Å². The maximum absolute atomic E-state index is 12.1. The molecule has 1 saturated heterocycles. The highest BCUT2D eigenvalue weighted by Gasteiger charge is 2.38. The van der Waals surface area contributed by atoms with Gasteiger partial charge in [0, 0.05) is 19.1 Å². The van der Waals surface area contributed by atoms with Crippen LogP contribution in [0.15, 0.2) is 0 Å². The minimum absolute atomic E-state index is 0.0443. The number of ether oxygens (including phenoxy) is 1. The minimum Gasteiger partial charge on any atom is -0.481 e. The van der Waals surface area contributed by atoms with Crippen molar-refractivity contribution in [1.29, 1.82) is 0 Å². The Hall–Kier alpha value is -1.14. The van der Waals surface area contributed by atoms with E-state index in [-0.39, 0.29) is 25.1 Å². The average Bonchev–Trinajstić information content (AvgIpc) is 2.86. The fourth-order valence-electron chi connectivity index (χ4n) is 2.45. The van der Waals surface area contributed by atoms with Gasteiger partial charge in [0.1, 0.15) is 0 Å². The smallest absolute Gasteiger partial charge is 0.310 e. The molecule has 6 heteroatoms. The largest absolute Gasteiger partial charge is 0.481 e. The molecule has 2 unspecified atom stereocenters. The molecule has 1 aliphatic heterocycles. The lowest BCUT2D eigenvalue weighted by Gasteiger charge is -2.30. The monoisotopic (exact) mass is 272 g/mol. The van der Waals surface area contributed by atoms with Crippen molar-refractivity contribution < 1.29 is 19.4 Å². The number of carboxylic acid groups (broad SMARTS) is 1. The standard InChI is InChI=1S/C13H24N2O4/c1-4-14(5-2)12(16)7-15(6-3)11-9-19-8-10(11)13(17)18/h10-11H,4-9H2,1-3H3,(H,17,18). The van der Waals surface area contributed by atoms with E-state index in [0.29, 0.717) is 26.2 Å². The third-order valence-electron chi connectivity index (χ3n) is 3.70. The van der Waals surface area contributed by atoms with Crippen LogP contribution < -0.4 is 0 Å². The Balaban J connectivity index is 2.67. The van der Waals surface area contributed by atoms with E-state index < -0.39 is 11.9 Å². The Morgan fingerprint density at radius 1 is 1.16 bits per heavy atom. The molecule has 0 aliphatic carbocycles. The molecule has 0 bridgehead atoms. The van der Waals surface area contributed by atoms with Crippen LogP contribution in [-0.4, -0.2) is 72.2 Å². The first-order valence-corrected chi connectivity index (χ1v) is 6.87. The number of aliphatic carboxylic acids is 1. The molecule has 0 aromatic carbocycles. The molecule has 1 aliphatic rings. The number of carbonyl (C=O) groups is 2. The molecular formula is C13H24N2O4. The van der Waals surface area contributed by atoms with Crippen molar-refractivity contribution in [3.8, 4) is 0 Å². The van der Waals surface area contributed by atoms with Gasteiger partial charge in [-0.3, -0.25) is 14.5 Å². The van der Waals surface area contributed by atoms with E-state index in [9.17, 15) is 9.59 Å². The summed E-state index contributed by atoms with van der Waals surface area (Å²) in [6, 6.07) is -0.206. The van der Waals surface area contributed by atoms with Gasteiger partial charge in [0.25, 0.3) is 0 Å². The van der Waals surface area contributed by atoms with Gasteiger partial charge in [-0.05, 0) is 20.4 Å². The molecule has 1 rings (SSSR count). The van der Waals surface area contributed by atoms with Crippen molar-refractivity contribution in [3.05, 3.63) is 0 Å². The number of amides is 1. The summed E-state index contributed by atoms with van der Waals surface area (Å²) in [6.07, 6.45) is 0. The lowest BCUT2D eigenvalue weighted by molar-refractivity contribution is -0.144. The quantitative estimate of drug-likeness (QED) is 0.720.